The third kappa shape index (κ3) is 18.6. The Hall–Kier alpha value is -7.52. The van der Waals surface area contributed by atoms with E-state index in [1.165, 1.54) is 92.2 Å². The number of methoxy groups -OCH3 is 1. The van der Waals surface area contributed by atoms with Gasteiger partial charge in [-0.25, -0.2) is 14.5 Å². The van der Waals surface area contributed by atoms with E-state index >= 15 is 0 Å². The summed E-state index contributed by atoms with van der Waals surface area (Å²) in [5, 5.41) is 8.44. The van der Waals surface area contributed by atoms with Gasteiger partial charge in [0.2, 0.25) is 18.0 Å². The smallest absolute Gasteiger partial charge is 0.338 e. The van der Waals surface area contributed by atoms with Crippen molar-refractivity contribution in [1.82, 2.24) is 14.7 Å². The summed E-state index contributed by atoms with van der Waals surface area (Å²) in [6.07, 6.45) is 15.9. The summed E-state index contributed by atoms with van der Waals surface area (Å²) in [6, 6.07) is 21.1. The molecule has 20 nitrogen and oxygen atoms in total. The van der Waals surface area contributed by atoms with Crippen molar-refractivity contribution in [3.8, 4) is 5.75 Å². The highest BCUT2D eigenvalue weighted by molar-refractivity contribution is 6.35. The summed E-state index contributed by atoms with van der Waals surface area (Å²) < 4.78 is 22.7. The van der Waals surface area contributed by atoms with Crippen molar-refractivity contribution in [3.05, 3.63) is 117 Å². The zero-order valence-corrected chi connectivity index (χ0v) is 58.9. The molecule has 5 aliphatic rings. The van der Waals surface area contributed by atoms with E-state index < -0.39 is 106 Å². The summed E-state index contributed by atoms with van der Waals surface area (Å²) in [5.41, 5.74) is 1.83. The fraction of sp³-hybridized carbons (Fsp3) is 0.547. The van der Waals surface area contributed by atoms with Crippen LogP contribution in [0.15, 0.2) is 84.9 Å². The van der Waals surface area contributed by atoms with Gasteiger partial charge in [-0.15, -0.1) is 0 Å². The van der Waals surface area contributed by atoms with Crippen LogP contribution in [0.5, 0.6) is 5.75 Å². The van der Waals surface area contributed by atoms with Crippen LogP contribution in [-0.4, -0.2) is 125 Å². The molecule has 4 aromatic carbocycles. The second-order valence-electron chi connectivity index (χ2n) is 26.7. The topological polar surface area (TPSA) is 253 Å². The molecule has 0 radical (unpaired) electrons. The van der Waals surface area contributed by atoms with Gasteiger partial charge in [-0.3, -0.25) is 43.3 Å². The lowest BCUT2D eigenvalue weighted by Gasteiger charge is -2.33. The molecule has 4 aromatic rings. The number of carbonyl (C=O) groups is 10. The zero-order valence-electron chi connectivity index (χ0n) is 57.4. The van der Waals surface area contributed by atoms with Gasteiger partial charge in [-0.05, 0) is 132 Å². The van der Waals surface area contributed by atoms with Gasteiger partial charge in [0, 0.05) is 42.8 Å². The average molecular weight is 1380 g/mol. The van der Waals surface area contributed by atoms with Gasteiger partial charge in [0.15, 0.2) is 35.7 Å². The van der Waals surface area contributed by atoms with E-state index in [9.17, 15) is 47.9 Å². The number of Topliss-reactive ketones (excluding diaryl/α,β-unsaturated/α-hetero) is 3. The molecule has 0 bridgehead atoms. The maximum absolute atomic E-state index is 14.1. The van der Waals surface area contributed by atoms with E-state index in [-0.39, 0.29) is 52.8 Å². The van der Waals surface area contributed by atoms with Crippen LogP contribution in [0.2, 0.25) is 10.0 Å². The monoisotopic (exact) mass is 1370 g/mol. The van der Waals surface area contributed by atoms with Gasteiger partial charge in [-0.2, -0.15) is 0 Å². The number of likely N-dealkylation sites (tertiary alicyclic amines) is 1. The molecule has 0 aromatic heterocycles. The van der Waals surface area contributed by atoms with Crippen molar-refractivity contribution < 1.29 is 66.9 Å². The largest absolute Gasteiger partial charge is 0.480 e. The number of anilines is 3. The number of ketones is 3. The number of benzene rings is 4. The molecule has 3 N–H and O–H groups in total. The summed E-state index contributed by atoms with van der Waals surface area (Å²) >= 11 is 12.9. The molecule has 7 amide bonds. The fourth-order valence-corrected chi connectivity index (χ4v) is 13.5. The number of hydrogen-bond donors (Lipinski definition) is 3. The van der Waals surface area contributed by atoms with Crippen LogP contribution in [-0.2, 0) is 59.1 Å². The molecule has 9 rings (SSSR count). The number of unbranched alkanes of at least 4 members (excludes halogenated alkanes) is 9. The number of hydrogen-bond acceptors (Lipinski definition) is 14. The van der Waals surface area contributed by atoms with E-state index in [0.29, 0.717) is 62.8 Å². The number of rotatable bonds is 34. The normalized spacial score (nSPS) is 19.5. The molecule has 2 saturated heterocycles. The predicted molar refractivity (Wildman–Crippen MR) is 371 cm³/mol. The summed E-state index contributed by atoms with van der Waals surface area (Å²) in [4.78, 5) is 141. The fourth-order valence-electron chi connectivity index (χ4n) is 13.1. The first kappa shape index (κ1) is 75.3. The minimum absolute atomic E-state index is 0.0753. The van der Waals surface area contributed by atoms with Gasteiger partial charge >= 0.3 is 12.0 Å². The Morgan fingerprint density at radius 3 is 1.89 bits per heavy atom. The third-order valence-corrected chi connectivity index (χ3v) is 20.1. The zero-order chi connectivity index (χ0) is 70.1. The molecule has 524 valence electrons. The van der Waals surface area contributed by atoms with E-state index in [1.54, 1.807) is 19.9 Å². The lowest BCUT2D eigenvalue weighted by atomic mass is 9.80. The minimum atomic E-state index is -1.71. The number of amides is 7. The number of carbonyl (C=O) groups excluding carboxylic acids is 10. The van der Waals surface area contributed by atoms with E-state index in [2.05, 4.69) is 22.9 Å². The average Bonchev–Trinajstić information content (AvgIpc) is 1.60. The van der Waals surface area contributed by atoms with Crippen LogP contribution in [0.1, 0.15) is 197 Å². The summed E-state index contributed by atoms with van der Waals surface area (Å²) in [6.45, 7) is 13.7. The van der Waals surface area contributed by atoms with Crippen LogP contribution in [0.3, 0.4) is 0 Å². The van der Waals surface area contributed by atoms with Gasteiger partial charge in [0.25, 0.3) is 17.7 Å². The van der Waals surface area contributed by atoms with Crippen LogP contribution < -0.4 is 20.7 Å². The third-order valence-electron chi connectivity index (χ3n) is 19.5. The van der Waals surface area contributed by atoms with Crippen molar-refractivity contribution >= 4 is 99.2 Å². The molecule has 97 heavy (non-hydrogen) atoms. The molecule has 6 unspecified atom stereocenters. The summed E-state index contributed by atoms with van der Waals surface area (Å²) in [7, 11) is 1.35. The Morgan fingerprint density at radius 1 is 0.660 bits per heavy atom. The molecule has 3 saturated carbocycles. The standard InChI is InChI=1S/C38H42ClN3O7.C37H54ClN3O7/c1-6-28(49-29-16-13-22(3)19-23(29)4)34(45)40-25-14-15-26(39)27(20-25)41-35(46)31(33(44)38(5)17-18-38)30-32(43)37(48-7-2)42(36(30)47)21-24-11-9-8-10-12-24;1-4-6-7-8-9-10-11-12-13-17-24-48-35(45)26-20-21-28(38)29(25-26)39-32(43)30(31(42)37(5-2)22-23-37)41-33(44)34(47-3)40(36(41)46)27-18-15-14-16-19-27/h8-16,19-20,28,30-31,37H,6-7,17-18,21H2,1-5H3,(H,40,45)(H,41,46);20-21,25,27,30,34H,4-19,22-24H2,1-3H3,(H,39,43). The van der Waals surface area contributed by atoms with E-state index in [4.69, 9.17) is 42.1 Å². The maximum Gasteiger partial charge on any atom is 0.338 e. The van der Waals surface area contributed by atoms with Crippen molar-refractivity contribution in [3.63, 3.8) is 0 Å². The van der Waals surface area contributed by atoms with Crippen LogP contribution in [0, 0.1) is 36.5 Å². The number of ether oxygens (including phenoxy) is 4. The Balaban J connectivity index is 0.000000248. The molecule has 5 fully saturated rings. The number of halogens is 2. The van der Waals surface area contributed by atoms with Crippen LogP contribution in [0.25, 0.3) is 0 Å². The highest BCUT2D eigenvalue weighted by Crippen LogP contribution is 2.52. The Bertz CT molecular complexity index is 3500. The lowest BCUT2D eigenvalue weighted by Crippen LogP contribution is -2.55. The van der Waals surface area contributed by atoms with Gasteiger partial charge in [-0.1, -0.05) is 176 Å². The molecule has 2 heterocycles. The molecule has 6 atom stereocenters. The highest BCUT2D eigenvalue weighted by atomic mass is 35.5. The number of nitrogens with zero attached hydrogens (tertiary/aromatic N) is 3. The predicted octanol–water partition coefficient (Wildman–Crippen LogP) is 14.3. The van der Waals surface area contributed by atoms with Crippen LogP contribution >= 0.6 is 23.2 Å². The second-order valence-corrected chi connectivity index (χ2v) is 27.5. The van der Waals surface area contributed by atoms with E-state index in [1.807, 2.05) is 76.2 Å². The number of nitrogens with one attached hydrogen (secondary N) is 3. The lowest BCUT2D eigenvalue weighted by molar-refractivity contribution is -0.148. The highest BCUT2D eigenvalue weighted by Gasteiger charge is 2.61. The Kier molecular flexibility index (Phi) is 27.0. The number of aryl methyl sites for hydroxylation is 2. The maximum atomic E-state index is 14.1. The van der Waals surface area contributed by atoms with Crippen LogP contribution in [0.4, 0.5) is 21.9 Å². The molecule has 0 spiro atoms. The number of imide groups is 1. The van der Waals surface area contributed by atoms with Gasteiger partial charge < -0.3 is 39.8 Å². The molecule has 22 heteroatoms. The van der Waals surface area contributed by atoms with Gasteiger partial charge in [0.05, 0.1) is 33.6 Å². The first-order valence-corrected chi connectivity index (χ1v) is 35.5. The van der Waals surface area contributed by atoms with Gasteiger partial charge in [0.1, 0.15) is 17.6 Å². The number of esters is 1. The number of urea groups is 1. The summed E-state index contributed by atoms with van der Waals surface area (Å²) in [5.74, 6) is -8.21. The van der Waals surface area contributed by atoms with E-state index in [0.717, 1.165) is 60.1 Å². The molecule has 2 aliphatic heterocycles. The van der Waals surface area contributed by atoms with Crippen molar-refractivity contribution in [2.75, 3.05) is 36.3 Å². The van der Waals surface area contributed by atoms with Crippen molar-refractivity contribution in [1.29, 1.82) is 0 Å². The molecule has 3 aliphatic carbocycles. The second kappa shape index (κ2) is 34.8. The van der Waals surface area contributed by atoms with Crippen molar-refractivity contribution in [2.24, 2.45) is 22.7 Å². The Labute approximate surface area is 580 Å². The minimum Gasteiger partial charge on any atom is -0.480 e. The van der Waals surface area contributed by atoms with Crippen molar-refractivity contribution in [2.45, 2.75) is 220 Å². The Morgan fingerprint density at radius 2 is 1.29 bits per heavy atom. The first-order valence-electron chi connectivity index (χ1n) is 34.7. The SMILES string of the molecule is CCCCCCCCCCCCOC(=O)c1ccc(Cl)c(NC(=O)C(C(=O)C2(CC)CC2)N2C(=O)C(OC)N(C3CCCCC3)C2=O)c1.CCOC1C(=O)C(C(C(=O)Nc2cc(NC(=O)C(CC)Oc3ccc(C)cc3C)ccc2Cl)C(=O)C2(C)CC2)C(=O)N1Cc1ccccc1. The molecular formula is C75H96Cl2N6O14. The molecular weight excluding hydrogens is 1280 g/mol. The first-order chi connectivity index (χ1) is 46.5. The quantitative estimate of drug-likeness (QED) is 0.0170.